The summed E-state index contributed by atoms with van der Waals surface area (Å²) in [6.45, 7) is 4.23. The molecule has 2 aromatic rings. The van der Waals surface area contributed by atoms with Gasteiger partial charge in [0.25, 0.3) is 0 Å². The molecule has 1 nitrogen and oxygen atoms in total. The van der Waals surface area contributed by atoms with E-state index in [4.69, 9.17) is 0 Å². The molecule has 15 heavy (non-hydrogen) atoms. The predicted octanol–water partition coefficient (Wildman–Crippen LogP) is 3.81. The molecule has 0 aliphatic carbocycles. The minimum Gasteiger partial charge on any atom is -0.507 e. The third-order valence-electron chi connectivity index (χ3n) is 2.82. The molecule has 0 aliphatic rings. The molecule has 0 fully saturated rings. The van der Waals surface area contributed by atoms with Crippen molar-refractivity contribution in [2.75, 3.05) is 0 Å². The summed E-state index contributed by atoms with van der Waals surface area (Å²) in [5, 5.41) is 12.2. The number of aromatic hydroxyl groups is 1. The second-order valence-corrected chi connectivity index (χ2v) is 4.00. The molecule has 0 saturated heterocycles. The zero-order valence-corrected chi connectivity index (χ0v) is 9.25. The smallest absolute Gasteiger partial charge is 0.126 e. The number of rotatable bonds is 2. The van der Waals surface area contributed by atoms with Crippen LogP contribution in [0.2, 0.25) is 0 Å². The van der Waals surface area contributed by atoms with Gasteiger partial charge in [-0.15, -0.1) is 0 Å². The topological polar surface area (TPSA) is 20.2 Å². The largest absolute Gasteiger partial charge is 0.507 e. The highest BCUT2D eigenvalue weighted by Gasteiger charge is 2.07. The van der Waals surface area contributed by atoms with Crippen LogP contribution in [0.5, 0.6) is 5.75 Å². The third-order valence-corrected chi connectivity index (χ3v) is 2.82. The Bertz CT molecular complexity index is 486. The molecule has 0 bridgehead atoms. The van der Waals surface area contributed by atoms with Crippen LogP contribution in [-0.4, -0.2) is 5.11 Å². The van der Waals surface area contributed by atoms with Gasteiger partial charge in [-0.1, -0.05) is 43.7 Å². The van der Waals surface area contributed by atoms with Gasteiger partial charge in [0.05, 0.1) is 0 Å². The van der Waals surface area contributed by atoms with Crippen LogP contribution in [0.1, 0.15) is 24.5 Å². The molecule has 0 heterocycles. The Kier molecular flexibility index (Phi) is 2.63. The zero-order valence-electron chi connectivity index (χ0n) is 9.25. The lowest BCUT2D eigenvalue weighted by Crippen LogP contribution is -1.88. The first kappa shape index (κ1) is 10.0. The van der Waals surface area contributed by atoms with E-state index in [0.29, 0.717) is 5.75 Å². The average molecular weight is 200 g/mol. The van der Waals surface area contributed by atoms with Crippen molar-refractivity contribution in [3.63, 3.8) is 0 Å². The normalized spacial score (nSPS) is 10.8. The molecule has 0 unspecified atom stereocenters. The van der Waals surface area contributed by atoms with Gasteiger partial charge in [-0.25, -0.2) is 0 Å². The minimum atomic E-state index is 0.457. The fourth-order valence-corrected chi connectivity index (χ4v) is 2.07. The number of benzene rings is 2. The number of phenolic OH excluding ortho intramolecular Hbond substituents is 1. The SMILES string of the molecule is CCCc1cc(C)c2ccccc2c1O. The Balaban J connectivity index is 2.72. The van der Waals surface area contributed by atoms with Gasteiger partial charge >= 0.3 is 0 Å². The first-order valence-corrected chi connectivity index (χ1v) is 5.44. The molecule has 0 atom stereocenters. The molecule has 0 amide bonds. The van der Waals surface area contributed by atoms with Crippen molar-refractivity contribution in [3.8, 4) is 5.75 Å². The highest BCUT2D eigenvalue weighted by atomic mass is 16.3. The summed E-state index contributed by atoms with van der Waals surface area (Å²) in [6, 6.07) is 10.1. The summed E-state index contributed by atoms with van der Waals surface area (Å²) in [4.78, 5) is 0. The molecule has 2 aromatic carbocycles. The van der Waals surface area contributed by atoms with Gasteiger partial charge in [-0.05, 0) is 29.9 Å². The highest BCUT2D eigenvalue weighted by Crippen LogP contribution is 2.31. The zero-order chi connectivity index (χ0) is 10.8. The van der Waals surface area contributed by atoms with E-state index >= 15 is 0 Å². The van der Waals surface area contributed by atoms with E-state index < -0.39 is 0 Å². The fourth-order valence-electron chi connectivity index (χ4n) is 2.07. The van der Waals surface area contributed by atoms with Crippen molar-refractivity contribution in [1.82, 2.24) is 0 Å². The fraction of sp³-hybridized carbons (Fsp3) is 0.286. The summed E-state index contributed by atoms with van der Waals surface area (Å²) in [5.41, 5.74) is 2.31. The summed E-state index contributed by atoms with van der Waals surface area (Å²) < 4.78 is 0. The number of fused-ring (bicyclic) bond motifs is 1. The Hall–Kier alpha value is -1.50. The lowest BCUT2D eigenvalue weighted by molar-refractivity contribution is 0.474. The Morgan fingerprint density at radius 3 is 2.47 bits per heavy atom. The number of aryl methyl sites for hydroxylation is 2. The van der Waals surface area contributed by atoms with Crippen LogP contribution in [-0.2, 0) is 6.42 Å². The molecular weight excluding hydrogens is 184 g/mol. The van der Waals surface area contributed by atoms with Gasteiger partial charge in [0.1, 0.15) is 5.75 Å². The van der Waals surface area contributed by atoms with Gasteiger partial charge in [-0.2, -0.15) is 0 Å². The summed E-state index contributed by atoms with van der Waals surface area (Å²) in [7, 11) is 0. The van der Waals surface area contributed by atoms with E-state index in [1.54, 1.807) is 0 Å². The Morgan fingerprint density at radius 1 is 1.13 bits per heavy atom. The van der Waals surface area contributed by atoms with E-state index in [9.17, 15) is 5.11 Å². The number of hydrogen-bond acceptors (Lipinski definition) is 1. The monoisotopic (exact) mass is 200 g/mol. The molecule has 0 aliphatic heterocycles. The van der Waals surface area contributed by atoms with Gasteiger partial charge in [0.15, 0.2) is 0 Å². The minimum absolute atomic E-state index is 0.457. The van der Waals surface area contributed by atoms with Crippen LogP contribution in [0.4, 0.5) is 0 Å². The highest BCUT2D eigenvalue weighted by molar-refractivity contribution is 5.91. The Morgan fingerprint density at radius 2 is 1.80 bits per heavy atom. The van der Waals surface area contributed by atoms with E-state index in [0.717, 1.165) is 29.2 Å². The van der Waals surface area contributed by atoms with Crippen LogP contribution < -0.4 is 0 Å². The molecule has 0 saturated carbocycles. The molecule has 78 valence electrons. The maximum Gasteiger partial charge on any atom is 0.126 e. The summed E-state index contributed by atoms with van der Waals surface area (Å²) in [5.74, 6) is 0.457. The van der Waals surface area contributed by atoms with Crippen LogP contribution >= 0.6 is 0 Å². The van der Waals surface area contributed by atoms with Crippen LogP contribution in [0, 0.1) is 6.92 Å². The van der Waals surface area contributed by atoms with E-state index in [1.807, 2.05) is 18.2 Å². The van der Waals surface area contributed by atoms with Crippen molar-refractivity contribution >= 4 is 10.8 Å². The first-order chi connectivity index (χ1) is 7.24. The second kappa shape index (κ2) is 3.93. The van der Waals surface area contributed by atoms with Gasteiger partial charge in [0, 0.05) is 5.39 Å². The van der Waals surface area contributed by atoms with Crippen molar-refractivity contribution in [1.29, 1.82) is 0 Å². The third kappa shape index (κ3) is 1.70. The van der Waals surface area contributed by atoms with Crippen molar-refractivity contribution in [2.24, 2.45) is 0 Å². The van der Waals surface area contributed by atoms with E-state index in [-0.39, 0.29) is 0 Å². The number of hydrogen-bond donors (Lipinski definition) is 1. The maximum absolute atomic E-state index is 10.1. The molecule has 1 heteroatoms. The summed E-state index contributed by atoms with van der Waals surface area (Å²) >= 11 is 0. The summed E-state index contributed by atoms with van der Waals surface area (Å²) in [6.07, 6.45) is 2.00. The lowest BCUT2D eigenvalue weighted by Gasteiger charge is -2.09. The lowest BCUT2D eigenvalue weighted by atomic mass is 9.98. The van der Waals surface area contributed by atoms with Crippen LogP contribution in [0.15, 0.2) is 30.3 Å². The van der Waals surface area contributed by atoms with Crippen LogP contribution in [0.3, 0.4) is 0 Å². The van der Waals surface area contributed by atoms with Gasteiger partial charge in [0.2, 0.25) is 0 Å². The Labute approximate surface area is 90.4 Å². The van der Waals surface area contributed by atoms with E-state index in [2.05, 4.69) is 26.0 Å². The van der Waals surface area contributed by atoms with Crippen molar-refractivity contribution in [3.05, 3.63) is 41.5 Å². The van der Waals surface area contributed by atoms with Crippen molar-refractivity contribution in [2.45, 2.75) is 26.7 Å². The average Bonchev–Trinajstić information content (AvgIpc) is 2.26. The van der Waals surface area contributed by atoms with Gasteiger partial charge < -0.3 is 5.11 Å². The quantitative estimate of drug-likeness (QED) is 0.781. The molecule has 0 aromatic heterocycles. The molecule has 0 spiro atoms. The maximum atomic E-state index is 10.1. The molecule has 0 radical (unpaired) electrons. The van der Waals surface area contributed by atoms with Crippen molar-refractivity contribution < 1.29 is 5.11 Å². The molecule has 1 N–H and O–H groups in total. The van der Waals surface area contributed by atoms with Crippen LogP contribution in [0.25, 0.3) is 10.8 Å². The first-order valence-electron chi connectivity index (χ1n) is 5.44. The molecular formula is C14H16O. The molecule has 2 rings (SSSR count). The predicted molar refractivity (Wildman–Crippen MR) is 64.3 cm³/mol. The van der Waals surface area contributed by atoms with Gasteiger partial charge in [-0.3, -0.25) is 0 Å². The second-order valence-electron chi connectivity index (χ2n) is 4.00. The number of phenols is 1. The standard InChI is InChI=1S/C14H16O/c1-3-6-11-9-10(2)12-7-4-5-8-13(12)14(11)15/h4-5,7-9,15H,3,6H2,1-2H3. The van der Waals surface area contributed by atoms with E-state index in [1.165, 1.54) is 5.56 Å².